The van der Waals surface area contributed by atoms with Crippen LogP contribution in [-0.4, -0.2) is 25.7 Å². The zero-order chi connectivity index (χ0) is 12.7. The van der Waals surface area contributed by atoms with Crippen LogP contribution in [0, 0.1) is 11.3 Å². The molecule has 1 aromatic carbocycles. The molecule has 0 spiro atoms. The van der Waals surface area contributed by atoms with Gasteiger partial charge in [0.15, 0.2) is 0 Å². The summed E-state index contributed by atoms with van der Waals surface area (Å²) in [6.45, 7) is 0.624. The van der Waals surface area contributed by atoms with E-state index < -0.39 is 0 Å². The molecule has 0 aliphatic carbocycles. The molecule has 6 heteroatoms. The van der Waals surface area contributed by atoms with E-state index in [1.807, 2.05) is 6.07 Å². The molecule has 0 saturated carbocycles. The minimum atomic E-state index is -0.312. The van der Waals surface area contributed by atoms with Crippen molar-refractivity contribution in [3.8, 4) is 6.07 Å². The predicted octanol–water partition coefficient (Wildman–Crippen LogP) is 1.23. The molecule has 0 radical (unpaired) electrons. The van der Waals surface area contributed by atoms with Crippen LogP contribution in [0.3, 0.4) is 0 Å². The van der Waals surface area contributed by atoms with Gasteiger partial charge in [-0.1, -0.05) is 15.9 Å². The van der Waals surface area contributed by atoms with E-state index >= 15 is 0 Å². The zero-order valence-electron chi connectivity index (χ0n) is 9.07. The number of benzene rings is 1. The van der Waals surface area contributed by atoms with Gasteiger partial charge in [-0.05, 0) is 18.2 Å². The first kappa shape index (κ1) is 13.6. The number of hydrogen-bond donors (Lipinski definition) is 2. The minimum Gasteiger partial charge on any atom is -0.370 e. The second-order valence-corrected chi connectivity index (χ2v) is 4.11. The van der Waals surface area contributed by atoms with Crippen LogP contribution < -0.4 is 11.1 Å². The summed E-state index contributed by atoms with van der Waals surface area (Å²) in [5.41, 5.74) is 6.09. The second-order valence-electron chi connectivity index (χ2n) is 3.19. The van der Waals surface area contributed by atoms with Crippen molar-refractivity contribution in [2.75, 3.05) is 25.1 Å². The maximum atomic E-state index is 11.5. The number of nitriles is 1. The number of nitrogens with two attached hydrogens (primary N) is 1. The fourth-order valence-corrected chi connectivity index (χ4v) is 1.51. The highest BCUT2D eigenvalue weighted by Crippen LogP contribution is 2.20. The lowest BCUT2D eigenvalue weighted by atomic mass is 10.2. The highest BCUT2D eigenvalue weighted by Gasteiger charge is 2.07. The van der Waals surface area contributed by atoms with E-state index in [9.17, 15) is 4.79 Å². The van der Waals surface area contributed by atoms with Gasteiger partial charge in [0.25, 0.3) is 0 Å². The molecule has 0 unspecified atom stereocenters. The number of nitrogens with zero attached hydrogens (tertiary/aromatic N) is 1. The Morgan fingerprint density at radius 2 is 2.35 bits per heavy atom. The van der Waals surface area contributed by atoms with Crippen LogP contribution in [0.25, 0.3) is 0 Å². The summed E-state index contributed by atoms with van der Waals surface area (Å²) in [7, 11) is 0. The normalized spacial score (nSPS) is 9.71. The molecule has 5 nitrogen and oxygen atoms in total. The summed E-state index contributed by atoms with van der Waals surface area (Å²) < 4.78 is 5.78. The largest absolute Gasteiger partial charge is 0.370 e. The fourth-order valence-electron chi connectivity index (χ4n) is 1.15. The third kappa shape index (κ3) is 4.53. The molecule has 1 aromatic rings. The van der Waals surface area contributed by atoms with Gasteiger partial charge in [-0.2, -0.15) is 5.26 Å². The number of carbonyl (C=O) groups is 1. The fraction of sp³-hybridized carbons (Fsp3) is 0.273. The molecule has 17 heavy (non-hydrogen) atoms. The summed E-state index contributed by atoms with van der Waals surface area (Å²) in [6, 6.07) is 7.03. The topological polar surface area (TPSA) is 88.1 Å². The van der Waals surface area contributed by atoms with E-state index in [0.717, 1.165) is 4.47 Å². The van der Waals surface area contributed by atoms with E-state index in [2.05, 4.69) is 21.2 Å². The van der Waals surface area contributed by atoms with Gasteiger partial charge in [0, 0.05) is 11.0 Å². The van der Waals surface area contributed by atoms with Gasteiger partial charge in [0.05, 0.1) is 17.9 Å². The Morgan fingerprint density at radius 3 is 3.00 bits per heavy atom. The van der Waals surface area contributed by atoms with Gasteiger partial charge in [0.2, 0.25) is 5.91 Å². The lowest BCUT2D eigenvalue weighted by Gasteiger charge is -2.07. The SMILES string of the molecule is N#Cc1ccc(Br)cc1NC(=O)COCCN. The smallest absolute Gasteiger partial charge is 0.250 e. The number of ether oxygens (including phenoxy) is 1. The van der Waals surface area contributed by atoms with Crippen LogP contribution >= 0.6 is 15.9 Å². The molecule has 0 fully saturated rings. The highest BCUT2D eigenvalue weighted by molar-refractivity contribution is 9.10. The molecule has 3 N–H and O–H groups in total. The quantitative estimate of drug-likeness (QED) is 0.800. The molecule has 90 valence electrons. The van der Waals surface area contributed by atoms with Crippen molar-refractivity contribution in [1.29, 1.82) is 5.26 Å². The van der Waals surface area contributed by atoms with E-state index in [4.69, 9.17) is 15.7 Å². The molecular formula is C11H12BrN3O2. The Hall–Kier alpha value is -1.42. The predicted molar refractivity (Wildman–Crippen MR) is 67.4 cm³/mol. The van der Waals surface area contributed by atoms with Crippen LogP contribution in [0.4, 0.5) is 5.69 Å². The van der Waals surface area contributed by atoms with Crippen molar-refractivity contribution in [3.05, 3.63) is 28.2 Å². The van der Waals surface area contributed by atoms with Crippen molar-refractivity contribution in [3.63, 3.8) is 0 Å². The molecule has 0 aliphatic heterocycles. The Morgan fingerprint density at radius 1 is 1.59 bits per heavy atom. The second kappa shape index (κ2) is 7.01. The van der Waals surface area contributed by atoms with E-state index in [-0.39, 0.29) is 12.5 Å². The van der Waals surface area contributed by atoms with Gasteiger partial charge < -0.3 is 15.8 Å². The lowest BCUT2D eigenvalue weighted by Crippen LogP contribution is -2.21. The monoisotopic (exact) mass is 297 g/mol. The van der Waals surface area contributed by atoms with E-state index in [1.54, 1.807) is 18.2 Å². The van der Waals surface area contributed by atoms with E-state index in [1.165, 1.54) is 0 Å². The third-order valence-electron chi connectivity index (χ3n) is 1.87. The van der Waals surface area contributed by atoms with Crippen LogP contribution in [0.1, 0.15) is 5.56 Å². The number of amides is 1. The lowest BCUT2D eigenvalue weighted by molar-refractivity contribution is -0.120. The van der Waals surface area contributed by atoms with E-state index in [0.29, 0.717) is 24.4 Å². The molecule has 1 amide bonds. The Kier molecular flexibility index (Phi) is 5.63. The first-order valence-electron chi connectivity index (χ1n) is 4.94. The average molecular weight is 298 g/mol. The summed E-state index contributed by atoms with van der Waals surface area (Å²) in [4.78, 5) is 11.5. The Balaban J connectivity index is 2.64. The molecule has 1 rings (SSSR count). The standard InChI is InChI=1S/C11H12BrN3O2/c12-9-2-1-8(6-14)10(5-9)15-11(16)7-17-4-3-13/h1-2,5H,3-4,7,13H2,(H,15,16). The molecule has 0 heterocycles. The van der Waals surface area contributed by atoms with Crippen LogP contribution in [0.15, 0.2) is 22.7 Å². The van der Waals surface area contributed by atoms with Crippen LogP contribution in [0.5, 0.6) is 0 Å². The van der Waals surface area contributed by atoms with Crippen molar-refractivity contribution < 1.29 is 9.53 Å². The number of carbonyl (C=O) groups excluding carboxylic acids is 1. The minimum absolute atomic E-state index is 0.0748. The van der Waals surface area contributed by atoms with Gasteiger partial charge in [0.1, 0.15) is 12.7 Å². The summed E-state index contributed by atoms with van der Waals surface area (Å²) in [5.74, 6) is -0.312. The number of anilines is 1. The molecule has 0 atom stereocenters. The summed E-state index contributed by atoms with van der Waals surface area (Å²) in [6.07, 6.45) is 0. The highest BCUT2D eigenvalue weighted by atomic mass is 79.9. The molecule has 0 bridgehead atoms. The maximum absolute atomic E-state index is 11.5. The molecule has 0 aromatic heterocycles. The van der Waals surface area contributed by atoms with Gasteiger partial charge in [-0.25, -0.2) is 0 Å². The molecule has 0 saturated heterocycles. The van der Waals surface area contributed by atoms with Crippen LogP contribution in [-0.2, 0) is 9.53 Å². The first-order valence-corrected chi connectivity index (χ1v) is 5.74. The third-order valence-corrected chi connectivity index (χ3v) is 2.36. The first-order chi connectivity index (χ1) is 8.17. The van der Waals surface area contributed by atoms with Crippen molar-refractivity contribution >= 4 is 27.5 Å². The zero-order valence-corrected chi connectivity index (χ0v) is 10.7. The van der Waals surface area contributed by atoms with Gasteiger partial charge in [-0.3, -0.25) is 4.79 Å². The molecule has 0 aliphatic rings. The van der Waals surface area contributed by atoms with Gasteiger partial charge >= 0.3 is 0 Å². The summed E-state index contributed by atoms with van der Waals surface area (Å²) >= 11 is 3.27. The average Bonchev–Trinajstić information content (AvgIpc) is 2.29. The summed E-state index contributed by atoms with van der Waals surface area (Å²) in [5, 5.41) is 11.5. The number of rotatable bonds is 5. The maximum Gasteiger partial charge on any atom is 0.250 e. The number of halogens is 1. The van der Waals surface area contributed by atoms with Gasteiger partial charge in [-0.15, -0.1) is 0 Å². The van der Waals surface area contributed by atoms with Crippen molar-refractivity contribution in [2.45, 2.75) is 0 Å². The number of hydrogen-bond acceptors (Lipinski definition) is 4. The van der Waals surface area contributed by atoms with Crippen LogP contribution in [0.2, 0.25) is 0 Å². The number of nitrogens with one attached hydrogen (secondary N) is 1. The molecular weight excluding hydrogens is 286 g/mol. The van der Waals surface area contributed by atoms with Crippen molar-refractivity contribution in [1.82, 2.24) is 0 Å². The van der Waals surface area contributed by atoms with Crippen molar-refractivity contribution in [2.24, 2.45) is 5.73 Å². The Bertz CT molecular complexity index is 443. The Labute approximate surface area is 108 Å².